The highest BCUT2D eigenvalue weighted by molar-refractivity contribution is 7.24. The lowest BCUT2D eigenvalue weighted by Crippen LogP contribution is -2.07. The van der Waals surface area contributed by atoms with Crippen molar-refractivity contribution in [1.82, 2.24) is 0 Å². The van der Waals surface area contributed by atoms with Gasteiger partial charge in [-0.15, -0.1) is 11.3 Å². The van der Waals surface area contributed by atoms with Crippen LogP contribution in [0.3, 0.4) is 0 Å². The third kappa shape index (κ3) is 2.02. The highest BCUT2D eigenvalue weighted by atomic mass is 32.1. The van der Waals surface area contributed by atoms with Crippen molar-refractivity contribution in [2.24, 2.45) is 0 Å². The molecule has 0 radical (unpaired) electrons. The molecule has 3 aromatic rings. The number of anilines is 1. The van der Waals surface area contributed by atoms with E-state index in [0.29, 0.717) is 15.5 Å². The van der Waals surface area contributed by atoms with Gasteiger partial charge in [-0.05, 0) is 18.2 Å². The van der Waals surface area contributed by atoms with Crippen molar-refractivity contribution in [2.45, 2.75) is 6.92 Å². The van der Waals surface area contributed by atoms with Crippen molar-refractivity contribution in [3.05, 3.63) is 46.6 Å². The van der Waals surface area contributed by atoms with Gasteiger partial charge < -0.3 is 10.4 Å². The number of nitrogens with one attached hydrogen (secondary N) is 1. The van der Waals surface area contributed by atoms with Gasteiger partial charge in [0.15, 0.2) is 5.43 Å². The van der Waals surface area contributed by atoms with Crippen LogP contribution >= 0.6 is 11.3 Å². The van der Waals surface area contributed by atoms with Crippen LogP contribution in [0.15, 0.2) is 41.2 Å². The van der Waals surface area contributed by atoms with E-state index in [9.17, 15) is 14.7 Å². The second-order valence-electron chi connectivity index (χ2n) is 4.47. The molecule has 1 amide bonds. The summed E-state index contributed by atoms with van der Waals surface area (Å²) in [6, 6.07) is 10.4. The molecule has 0 atom stereocenters. The molecule has 2 aromatic carbocycles. The molecule has 0 aliphatic heterocycles. The minimum atomic E-state index is -0.295. The fourth-order valence-electron chi connectivity index (χ4n) is 2.13. The van der Waals surface area contributed by atoms with E-state index in [0.717, 1.165) is 4.70 Å². The molecule has 0 fully saturated rings. The zero-order valence-corrected chi connectivity index (χ0v) is 11.5. The Kier molecular flexibility index (Phi) is 2.91. The lowest BCUT2D eigenvalue weighted by Gasteiger charge is -2.07. The van der Waals surface area contributed by atoms with Gasteiger partial charge in [-0.1, -0.05) is 12.1 Å². The predicted octanol–water partition coefficient (Wildman–Crippen LogP) is 3.08. The van der Waals surface area contributed by atoms with Gasteiger partial charge in [-0.2, -0.15) is 0 Å². The summed E-state index contributed by atoms with van der Waals surface area (Å²) in [4.78, 5) is 23.6. The van der Waals surface area contributed by atoms with Crippen LogP contribution in [0, 0.1) is 0 Å². The summed E-state index contributed by atoms with van der Waals surface area (Å²) in [6.07, 6.45) is 0. The highest BCUT2D eigenvalue weighted by Crippen LogP contribution is 2.32. The van der Waals surface area contributed by atoms with Crippen LogP contribution in [0.1, 0.15) is 6.92 Å². The molecule has 2 N–H and O–H groups in total. The molecule has 3 rings (SSSR count). The van der Waals surface area contributed by atoms with Crippen LogP contribution in [0.25, 0.3) is 20.2 Å². The monoisotopic (exact) mass is 285 g/mol. The van der Waals surface area contributed by atoms with Crippen molar-refractivity contribution in [3.63, 3.8) is 0 Å². The van der Waals surface area contributed by atoms with Gasteiger partial charge in [0.05, 0.1) is 5.69 Å². The Morgan fingerprint density at radius 3 is 2.65 bits per heavy atom. The molecule has 0 bridgehead atoms. The van der Waals surface area contributed by atoms with Crippen molar-refractivity contribution in [1.29, 1.82) is 0 Å². The number of aromatic hydroxyl groups is 1. The van der Waals surface area contributed by atoms with Gasteiger partial charge >= 0.3 is 0 Å². The number of carbonyl (C=O) groups is 1. The van der Waals surface area contributed by atoms with Crippen LogP contribution in [0.5, 0.6) is 5.75 Å². The maximum absolute atomic E-state index is 12.4. The Morgan fingerprint density at radius 1 is 1.15 bits per heavy atom. The Balaban J connectivity index is 2.38. The van der Waals surface area contributed by atoms with Crippen molar-refractivity contribution >= 4 is 43.1 Å². The van der Waals surface area contributed by atoms with E-state index in [1.54, 1.807) is 6.07 Å². The number of phenolic OH excluding ortho intramolecular Hbond substituents is 1. The Hall–Kier alpha value is -2.40. The molecule has 20 heavy (non-hydrogen) atoms. The number of fused-ring (bicyclic) bond motifs is 2. The van der Waals surface area contributed by atoms with Gasteiger partial charge in [0.25, 0.3) is 0 Å². The average molecular weight is 285 g/mol. The second kappa shape index (κ2) is 4.61. The molecule has 4 nitrogen and oxygen atoms in total. The molecule has 0 aliphatic rings. The first-order chi connectivity index (χ1) is 9.56. The average Bonchev–Trinajstić information content (AvgIpc) is 2.40. The number of carbonyl (C=O) groups excluding carboxylic acids is 1. The summed E-state index contributed by atoms with van der Waals surface area (Å²) in [5, 5.41) is 13.6. The van der Waals surface area contributed by atoms with Crippen molar-refractivity contribution in [2.75, 3.05) is 5.32 Å². The molecule has 0 spiro atoms. The predicted molar refractivity (Wildman–Crippen MR) is 81.6 cm³/mol. The molecule has 0 unspecified atom stereocenters. The molecular formula is C15H11NO3S. The van der Waals surface area contributed by atoms with E-state index in [-0.39, 0.29) is 22.8 Å². The molecule has 5 heteroatoms. The van der Waals surface area contributed by atoms with Gasteiger partial charge in [-0.25, -0.2) is 0 Å². The van der Waals surface area contributed by atoms with Crippen LogP contribution in [0.4, 0.5) is 5.69 Å². The minimum absolute atomic E-state index is 0.0429. The van der Waals surface area contributed by atoms with E-state index < -0.39 is 0 Å². The Labute approximate surface area is 118 Å². The van der Waals surface area contributed by atoms with Crippen LogP contribution in [0.2, 0.25) is 0 Å². The summed E-state index contributed by atoms with van der Waals surface area (Å²) in [5.74, 6) is -0.338. The van der Waals surface area contributed by atoms with E-state index in [2.05, 4.69) is 5.32 Å². The molecular weight excluding hydrogens is 274 g/mol. The molecule has 1 aromatic heterocycles. The number of amides is 1. The minimum Gasteiger partial charge on any atom is -0.506 e. The van der Waals surface area contributed by atoms with Gasteiger partial charge in [0.1, 0.15) is 5.75 Å². The summed E-state index contributed by atoms with van der Waals surface area (Å²) < 4.78 is 1.57. The lowest BCUT2D eigenvalue weighted by molar-refractivity contribution is -0.114. The lowest BCUT2D eigenvalue weighted by atomic mass is 10.1. The zero-order valence-electron chi connectivity index (χ0n) is 10.6. The third-order valence-corrected chi connectivity index (χ3v) is 4.14. The third-order valence-electron chi connectivity index (χ3n) is 3.00. The maximum atomic E-state index is 12.4. The van der Waals surface area contributed by atoms with Crippen molar-refractivity contribution < 1.29 is 9.90 Å². The second-order valence-corrected chi connectivity index (χ2v) is 5.56. The number of hydrogen-bond acceptors (Lipinski definition) is 4. The number of phenols is 1. The maximum Gasteiger partial charge on any atom is 0.221 e. The van der Waals surface area contributed by atoms with Gasteiger partial charge in [-0.3, -0.25) is 9.59 Å². The van der Waals surface area contributed by atoms with Crippen LogP contribution in [-0.4, -0.2) is 11.0 Å². The molecule has 0 aliphatic carbocycles. The van der Waals surface area contributed by atoms with E-state index in [1.807, 2.05) is 18.2 Å². The standard InChI is InChI=1S/C15H11NO3S/c1-8(17)16-11-6-10-14(7-12(11)18)20-13-5-3-2-4-9(13)15(10)19/h2-7,18H,1H3,(H,16,17). The van der Waals surface area contributed by atoms with E-state index >= 15 is 0 Å². The zero-order chi connectivity index (χ0) is 14.3. The van der Waals surface area contributed by atoms with Crippen LogP contribution in [-0.2, 0) is 4.79 Å². The smallest absolute Gasteiger partial charge is 0.221 e. The largest absolute Gasteiger partial charge is 0.506 e. The SMILES string of the molecule is CC(=O)Nc1cc2c(=O)c3ccccc3sc2cc1O. The summed E-state index contributed by atoms with van der Waals surface area (Å²) in [7, 11) is 0. The number of rotatable bonds is 1. The van der Waals surface area contributed by atoms with Gasteiger partial charge in [0, 0.05) is 33.2 Å². The molecule has 100 valence electrons. The first-order valence-corrected chi connectivity index (χ1v) is 6.84. The normalized spacial score (nSPS) is 10.8. The highest BCUT2D eigenvalue weighted by Gasteiger charge is 2.10. The van der Waals surface area contributed by atoms with E-state index in [4.69, 9.17) is 0 Å². The summed E-state index contributed by atoms with van der Waals surface area (Å²) >= 11 is 1.43. The summed E-state index contributed by atoms with van der Waals surface area (Å²) in [6.45, 7) is 1.35. The molecule has 0 saturated heterocycles. The quantitative estimate of drug-likeness (QED) is 0.533. The molecule has 1 heterocycles. The van der Waals surface area contributed by atoms with Gasteiger partial charge in [0.2, 0.25) is 5.91 Å². The Bertz CT molecular complexity index is 899. The fourth-order valence-corrected chi connectivity index (χ4v) is 3.21. The number of hydrogen-bond donors (Lipinski definition) is 2. The number of benzene rings is 2. The Morgan fingerprint density at radius 2 is 1.90 bits per heavy atom. The molecule has 0 saturated carbocycles. The first-order valence-electron chi connectivity index (χ1n) is 6.02. The first kappa shape index (κ1) is 12.6. The topological polar surface area (TPSA) is 66.4 Å². The summed E-state index contributed by atoms with van der Waals surface area (Å²) in [5.41, 5.74) is 0.158. The van der Waals surface area contributed by atoms with Crippen LogP contribution < -0.4 is 10.7 Å². The van der Waals surface area contributed by atoms with Crippen molar-refractivity contribution in [3.8, 4) is 5.75 Å². The fraction of sp³-hybridized carbons (Fsp3) is 0.0667. The van der Waals surface area contributed by atoms with E-state index in [1.165, 1.54) is 30.4 Å².